The Labute approximate surface area is 193 Å². The van der Waals surface area contributed by atoms with Crippen LogP contribution in [-0.2, 0) is 20.9 Å². The summed E-state index contributed by atoms with van der Waals surface area (Å²) in [6, 6.07) is 4.35. The molecule has 1 aromatic carbocycles. The van der Waals surface area contributed by atoms with Gasteiger partial charge in [0.15, 0.2) is 12.3 Å². The number of carbonyl (C=O) groups excluding carboxylic acids is 4. The molecule has 0 saturated heterocycles. The smallest absolute Gasteiger partial charge is 0.328 e. The van der Waals surface area contributed by atoms with Crippen molar-refractivity contribution in [3.63, 3.8) is 0 Å². The largest absolute Gasteiger partial charge is 0.482 e. The van der Waals surface area contributed by atoms with Gasteiger partial charge in [0.1, 0.15) is 23.6 Å². The fourth-order valence-corrected chi connectivity index (χ4v) is 3.39. The Morgan fingerprint density at radius 1 is 1.24 bits per heavy atom. The summed E-state index contributed by atoms with van der Waals surface area (Å²) in [6.45, 7) is 3.51. The number of aromatic amines is 1. The second-order valence-electron chi connectivity index (χ2n) is 7.45. The van der Waals surface area contributed by atoms with E-state index in [0.29, 0.717) is 11.4 Å². The molecule has 1 atom stereocenters. The van der Waals surface area contributed by atoms with Gasteiger partial charge in [-0.3, -0.25) is 14.4 Å². The molecule has 3 aromatic rings. The molecule has 34 heavy (non-hydrogen) atoms. The summed E-state index contributed by atoms with van der Waals surface area (Å²) in [6.07, 6.45) is 2.58. The zero-order valence-electron chi connectivity index (χ0n) is 18.4. The molecule has 0 bridgehead atoms. The minimum absolute atomic E-state index is 0.0370. The highest BCUT2D eigenvalue weighted by atomic mass is 16.5. The number of rotatable bonds is 7. The van der Waals surface area contributed by atoms with Gasteiger partial charge in [-0.05, 0) is 31.5 Å². The van der Waals surface area contributed by atoms with E-state index in [1.54, 1.807) is 25.1 Å². The van der Waals surface area contributed by atoms with Crippen LogP contribution >= 0.6 is 0 Å². The summed E-state index contributed by atoms with van der Waals surface area (Å²) in [7, 11) is 0. The van der Waals surface area contributed by atoms with E-state index in [-0.39, 0.29) is 48.0 Å². The number of ether oxygens (including phenoxy) is 2. The number of benzene rings is 1. The van der Waals surface area contributed by atoms with Crippen LogP contribution < -0.4 is 20.7 Å². The average molecular weight is 466 g/mol. The number of H-pyrrole nitrogens is 1. The molecular formula is C22H22N6O6. The molecule has 0 spiro atoms. The van der Waals surface area contributed by atoms with Gasteiger partial charge in [0.2, 0.25) is 0 Å². The molecule has 0 saturated carbocycles. The number of fused-ring (bicyclic) bond motifs is 2. The Kier molecular flexibility index (Phi) is 6.39. The summed E-state index contributed by atoms with van der Waals surface area (Å²) in [5.74, 6) is -1.28. The quantitative estimate of drug-likeness (QED) is 0.373. The van der Waals surface area contributed by atoms with Crippen molar-refractivity contribution in [1.82, 2.24) is 25.6 Å². The van der Waals surface area contributed by atoms with Crippen LogP contribution in [0, 0.1) is 0 Å². The zero-order valence-corrected chi connectivity index (χ0v) is 18.4. The molecule has 3 heterocycles. The van der Waals surface area contributed by atoms with Crippen LogP contribution in [0.3, 0.4) is 0 Å². The second kappa shape index (κ2) is 9.57. The maximum Gasteiger partial charge on any atom is 0.328 e. The molecule has 2 aromatic heterocycles. The third-order valence-corrected chi connectivity index (χ3v) is 5.04. The number of anilines is 1. The third kappa shape index (κ3) is 4.65. The van der Waals surface area contributed by atoms with Crippen molar-refractivity contribution >= 4 is 40.4 Å². The molecule has 12 heteroatoms. The molecule has 12 nitrogen and oxygen atoms in total. The van der Waals surface area contributed by atoms with Gasteiger partial charge in [-0.1, -0.05) is 6.07 Å². The van der Waals surface area contributed by atoms with E-state index in [1.807, 2.05) is 0 Å². The predicted octanol–water partition coefficient (Wildman–Crippen LogP) is 0.900. The van der Waals surface area contributed by atoms with Gasteiger partial charge in [-0.25, -0.2) is 14.8 Å². The van der Waals surface area contributed by atoms with E-state index in [4.69, 9.17) is 9.47 Å². The number of nitrogens with one attached hydrogen (secondary N) is 4. The Morgan fingerprint density at radius 2 is 2.06 bits per heavy atom. The number of nitrogens with zero attached hydrogens (tertiary/aromatic N) is 2. The first kappa shape index (κ1) is 22.7. The van der Waals surface area contributed by atoms with E-state index in [0.717, 1.165) is 5.56 Å². The number of esters is 1. The maximum atomic E-state index is 12.8. The summed E-state index contributed by atoms with van der Waals surface area (Å²) < 4.78 is 10.2. The van der Waals surface area contributed by atoms with Gasteiger partial charge in [-0.15, -0.1) is 0 Å². The van der Waals surface area contributed by atoms with Crippen molar-refractivity contribution < 1.29 is 28.7 Å². The fourth-order valence-electron chi connectivity index (χ4n) is 3.39. The Hall–Kier alpha value is -4.48. The van der Waals surface area contributed by atoms with Gasteiger partial charge in [0.25, 0.3) is 17.7 Å². The molecule has 3 amide bonds. The summed E-state index contributed by atoms with van der Waals surface area (Å²) >= 11 is 0. The van der Waals surface area contributed by atoms with Crippen molar-refractivity contribution in [3.05, 3.63) is 47.5 Å². The highest BCUT2D eigenvalue weighted by molar-refractivity contribution is 6.11. The van der Waals surface area contributed by atoms with Crippen LogP contribution in [0.15, 0.2) is 30.7 Å². The van der Waals surface area contributed by atoms with Crippen LogP contribution in [-0.4, -0.2) is 57.9 Å². The minimum Gasteiger partial charge on any atom is -0.482 e. The van der Waals surface area contributed by atoms with E-state index >= 15 is 0 Å². The summed E-state index contributed by atoms with van der Waals surface area (Å²) in [5.41, 5.74) is 2.00. The Morgan fingerprint density at radius 3 is 2.85 bits per heavy atom. The van der Waals surface area contributed by atoms with Gasteiger partial charge in [-0.2, -0.15) is 0 Å². The Balaban J connectivity index is 1.47. The molecule has 0 fully saturated rings. The van der Waals surface area contributed by atoms with Crippen LogP contribution in [0.5, 0.6) is 5.75 Å². The standard InChI is InChI=1S/C22H22N6O6/c1-3-33-22(32)11(2)27-20(30)13-8-23-18-17(13)25-10-26-19(18)21(31)24-7-12-4-5-15-14(6-12)28-16(29)9-34-15/h4-6,8,10-11,23H,3,7,9H2,1-2H3,(H,24,31)(H,27,30)(H,28,29). The monoisotopic (exact) mass is 466 g/mol. The number of aromatic nitrogens is 3. The molecule has 4 N–H and O–H groups in total. The van der Waals surface area contributed by atoms with Crippen LogP contribution in [0.25, 0.3) is 11.0 Å². The molecule has 1 unspecified atom stereocenters. The first-order valence-electron chi connectivity index (χ1n) is 10.5. The first-order valence-corrected chi connectivity index (χ1v) is 10.5. The lowest BCUT2D eigenvalue weighted by molar-refractivity contribution is -0.144. The van der Waals surface area contributed by atoms with Crippen LogP contribution in [0.2, 0.25) is 0 Å². The lowest BCUT2D eigenvalue weighted by Gasteiger charge is -2.18. The third-order valence-electron chi connectivity index (χ3n) is 5.04. The molecule has 1 aliphatic rings. The summed E-state index contributed by atoms with van der Waals surface area (Å²) in [4.78, 5) is 59.8. The normalized spacial score (nSPS) is 13.3. The zero-order chi connectivity index (χ0) is 24.2. The van der Waals surface area contributed by atoms with Crippen molar-refractivity contribution in [2.45, 2.75) is 26.4 Å². The number of hydrogen-bond acceptors (Lipinski definition) is 8. The van der Waals surface area contributed by atoms with Gasteiger partial charge < -0.3 is 30.4 Å². The number of carbonyl (C=O) groups is 4. The molecular weight excluding hydrogens is 444 g/mol. The molecule has 0 radical (unpaired) electrons. The predicted molar refractivity (Wildman–Crippen MR) is 119 cm³/mol. The average Bonchev–Trinajstić information content (AvgIpc) is 3.26. The summed E-state index contributed by atoms with van der Waals surface area (Å²) in [5, 5.41) is 8.02. The number of hydrogen-bond donors (Lipinski definition) is 4. The second-order valence-corrected chi connectivity index (χ2v) is 7.45. The van der Waals surface area contributed by atoms with Crippen molar-refractivity contribution in [1.29, 1.82) is 0 Å². The lowest BCUT2D eigenvalue weighted by Crippen LogP contribution is -2.39. The van der Waals surface area contributed by atoms with Gasteiger partial charge in [0.05, 0.1) is 23.4 Å². The van der Waals surface area contributed by atoms with Crippen molar-refractivity contribution in [3.8, 4) is 5.75 Å². The van der Waals surface area contributed by atoms with Crippen LogP contribution in [0.1, 0.15) is 40.3 Å². The van der Waals surface area contributed by atoms with Gasteiger partial charge in [0, 0.05) is 12.7 Å². The SMILES string of the molecule is CCOC(=O)C(C)NC(=O)c1c[nH]c2c(C(=O)NCc3ccc4c(c3)NC(=O)CO4)ncnc12. The van der Waals surface area contributed by atoms with E-state index in [2.05, 4.69) is 30.9 Å². The van der Waals surface area contributed by atoms with Gasteiger partial charge >= 0.3 is 5.97 Å². The Bertz CT molecular complexity index is 1290. The number of amides is 3. The topological polar surface area (TPSA) is 164 Å². The van der Waals surface area contributed by atoms with E-state index in [1.165, 1.54) is 19.4 Å². The first-order chi connectivity index (χ1) is 16.4. The molecule has 4 rings (SSSR count). The highest BCUT2D eigenvalue weighted by Gasteiger charge is 2.23. The van der Waals surface area contributed by atoms with Crippen molar-refractivity contribution in [2.75, 3.05) is 18.5 Å². The maximum absolute atomic E-state index is 12.8. The molecule has 0 aliphatic carbocycles. The lowest BCUT2D eigenvalue weighted by atomic mass is 10.1. The van der Waals surface area contributed by atoms with E-state index < -0.39 is 23.8 Å². The highest BCUT2D eigenvalue weighted by Crippen LogP contribution is 2.28. The fraction of sp³-hybridized carbons (Fsp3) is 0.273. The van der Waals surface area contributed by atoms with Crippen molar-refractivity contribution in [2.24, 2.45) is 0 Å². The van der Waals surface area contributed by atoms with Crippen LogP contribution in [0.4, 0.5) is 5.69 Å². The molecule has 1 aliphatic heterocycles. The van der Waals surface area contributed by atoms with E-state index in [9.17, 15) is 19.2 Å². The molecule has 176 valence electrons. The minimum atomic E-state index is -0.853.